The van der Waals surface area contributed by atoms with Crippen LogP contribution >= 0.6 is 11.8 Å². The molecule has 1 heterocycles. The van der Waals surface area contributed by atoms with Gasteiger partial charge in [-0.1, -0.05) is 42.1 Å². The Hall–Kier alpha value is -2.93. The van der Waals surface area contributed by atoms with E-state index in [0.717, 1.165) is 18.4 Å². The van der Waals surface area contributed by atoms with E-state index in [9.17, 15) is 14.0 Å². The number of carbonyl (C=O) groups is 2. The molecule has 1 atom stereocenters. The second kappa shape index (κ2) is 8.21. The van der Waals surface area contributed by atoms with Crippen LogP contribution in [0, 0.1) is 5.82 Å². The second-order valence-electron chi connectivity index (χ2n) is 6.99. The summed E-state index contributed by atoms with van der Waals surface area (Å²) in [4.78, 5) is 31.4. The van der Waals surface area contributed by atoms with Gasteiger partial charge in [0.15, 0.2) is 5.17 Å². The predicted molar refractivity (Wildman–Crippen MR) is 114 cm³/mol. The Morgan fingerprint density at radius 2 is 1.90 bits per heavy atom. The first-order valence-corrected chi connectivity index (χ1v) is 10.3. The molecule has 0 radical (unpaired) electrons. The summed E-state index contributed by atoms with van der Waals surface area (Å²) >= 11 is 1.22. The topological polar surface area (TPSA) is 61.8 Å². The Morgan fingerprint density at radius 1 is 1.21 bits per heavy atom. The maximum absolute atomic E-state index is 13.4. The summed E-state index contributed by atoms with van der Waals surface area (Å²) < 4.78 is 13.4. The summed E-state index contributed by atoms with van der Waals surface area (Å²) in [5.74, 6) is -0.770. The van der Waals surface area contributed by atoms with Gasteiger partial charge in [0.25, 0.3) is 5.91 Å². The van der Waals surface area contributed by atoms with E-state index in [0.29, 0.717) is 10.9 Å². The van der Waals surface area contributed by atoms with Crippen molar-refractivity contribution in [2.75, 3.05) is 4.90 Å². The van der Waals surface area contributed by atoms with Gasteiger partial charge < -0.3 is 5.32 Å². The molecule has 2 amide bonds. The van der Waals surface area contributed by atoms with Crippen LogP contribution in [0.5, 0.6) is 0 Å². The van der Waals surface area contributed by atoms with Gasteiger partial charge in [-0.05, 0) is 55.7 Å². The van der Waals surface area contributed by atoms with Gasteiger partial charge in [0, 0.05) is 6.04 Å². The molecule has 0 saturated heterocycles. The van der Waals surface area contributed by atoms with Crippen molar-refractivity contribution in [1.29, 1.82) is 0 Å². The lowest BCUT2D eigenvalue weighted by Crippen LogP contribution is -2.36. The van der Waals surface area contributed by atoms with Gasteiger partial charge in [-0.15, -0.1) is 0 Å². The quantitative estimate of drug-likeness (QED) is 0.760. The molecule has 4 rings (SSSR count). The third-order valence-corrected chi connectivity index (χ3v) is 5.64. The van der Waals surface area contributed by atoms with Crippen molar-refractivity contribution in [3.63, 3.8) is 0 Å². The molecule has 29 heavy (non-hydrogen) atoms. The fraction of sp³-hybridized carbons (Fsp3) is 0.227. The number of benzene rings is 2. The number of amidine groups is 1. The maximum Gasteiger partial charge on any atom is 0.283 e. The molecule has 2 aliphatic rings. The zero-order valence-corrected chi connectivity index (χ0v) is 16.7. The number of aliphatic imine (C=N–C) groups is 1. The molecule has 0 aromatic heterocycles. The van der Waals surface area contributed by atoms with Gasteiger partial charge in [0.1, 0.15) is 11.5 Å². The molecule has 7 heteroatoms. The van der Waals surface area contributed by atoms with Crippen LogP contribution in [0.2, 0.25) is 0 Å². The second-order valence-corrected chi connectivity index (χ2v) is 8.30. The van der Waals surface area contributed by atoms with E-state index in [4.69, 9.17) is 0 Å². The molecule has 1 N–H and O–H groups in total. The van der Waals surface area contributed by atoms with E-state index >= 15 is 0 Å². The maximum atomic E-state index is 13.4. The number of hydrogen-bond acceptors (Lipinski definition) is 4. The molecule has 2 aromatic rings. The summed E-state index contributed by atoms with van der Waals surface area (Å²) in [6.07, 6.45) is 3.73. The smallest absolute Gasteiger partial charge is 0.283 e. The Bertz CT molecular complexity index is 985. The molecule has 1 unspecified atom stereocenters. The van der Waals surface area contributed by atoms with E-state index in [1.54, 1.807) is 13.0 Å². The van der Waals surface area contributed by atoms with Crippen molar-refractivity contribution < 1.29 is 14.0 Å². The summed E-state index contributed by atoms with van der Waals surface area (Å²) in [5.41, 5.74) is 1.64. The van der Waals surface area contributed by atoms with Crippen molar-refractivity contribution in [2.45, 2.75) is 31.1 Å². The Kier molecular flexibility index (Phi) is 5.49. The van der Waals surface area contributed by atoms with Crippen molar-refractivity contribution in [2.24, 2.45) is 4.99 Å². The highest BCUT2D eigenvalue weighted by Gasteiger charge is 2.35. The number of thioether (sulfide) groups is 1. The van der Waals surface area contributed by atoms with Gasteiger partial charge in [-0.2, -0.15) is 0 Å². The van der Waals surface area contributed by atoms with Crippen molar-refractivity contribution >= 4 is 40.5 Å². The van der Waals surface area contributed by atoms with E-state index < -0.39 is 5.25 Å². The monoisotopic (exact) mass is 409 g/mol. The lowest BCUT2D eigenvalue weighted by atomic mass is 10.2. The van der Waals surface area contributed by atoms with Crippen LogP contribution in [0.4, 0.5) is 10.1 Å². The van der Waals surface area contributed by atoms with E-state index in [2.05, 4.69) is 10.3 Å². The molecule has 1 aliphatic heterocycles. The van der Waals surface area contributed by atoms with Crippen LogP contribution in [0.15, 0.2) is 65.3 Å². The highest BCUT2D eigenvalue weighted by molar-refractivity contribution is 8.15. The number of rotatable bonds is 5. The van der Waals surface area contributed by atoms with Gasteiger partial charge in [-0.3, -0.25) is 14.5 Å². The fourth-order valence-corrected chi connectivity index (χ4v) is 3.79. The molecule has 1 saturated carbocycles. The average Bonchev–Trinajstić information content (AvgIpc) is 3.48. The highest BCUT2D eigenvalue weighted by atomic mass is 32.2. The van der Waals surface area contributed by atoms with Crippen LogP contribution in [0.25, 0.3) is 6.08 Å². The number of carbonyl (C=O) groups excluding carboxylic acids is 2. The van der Waals surface area contributed by atoms with Crippen LogP contribution in [-0.2, 0) is 9.59 Å². The molecule has 148 valence electrons. The Labute approximate surface area is 172 Å². The Morgan fingerprint density at radius 3 is 2.55 bits per heavy atom. The van der Waals surface area contributed by atoms with E-state index in [-0.39, 0.29) is 29.4 Å². The number of nitrogens with one attached hydrogen (secondary N) is 1. The van der Waals surface area contributed by atoms with Crippen molar-refractivity contribution in [3.8, 4) is 0 Å². The first kappa shape index (κ1) is 19.4. The molecule has 0 bridgehead atoms. The van der Waals surface area contributed by atoms with Crippen molar-refractivity contribution in [1.82, 2.24) is 5.32 Å². The van der Waals surface area contributed by atoms with Gasteiger partial charge in [-0.25, -0.2) is 9.38 Å². The normalized spacial score (nSPS) is 18.7. The Balaban J connectivity index is 1.63. The van der Waals surface area contributed by atoms with Gasteiger partial charge in [0.05, 0.1) is 10.9 Å². The third kappa shape index (κ3) is 4.56. The molecule has 2 aromatic carbocycles. The zero-order valence-electron chi connectivity index (χ0n) is 15.8. The van der Waals surface area contributed by atoms with Gasteiger partial charge >= 0.3 is 0 Å². The fourth-order valence-electron chi connectivity index (χ4n) is 2.86. The summed E-state index contributed by atoms with van der Waals surface area (Å²) in [7, 11) is 0. The minimum Gasteiger partial charge on any atom is -0.352 e. The summed E-state index contributed by atoms with van der Waals surface area (Å²) in [6, 6.07) is 15.4. The largest absolute Gasteiger partial charge is 0.352 e. The van der Waals surface area contributed by atoms with Crippen LogP contribution in [-0.4, -0.2) is 28.3 Å². The SMILES string of the molecule is CC(SC1=N/C(=C\c2ccccc2)C(=O)N1c1ccc(F)cc1)C(=O)NC1CC1. The number of halogens is 1. The first-order chi connectivity index (χ1) is 14.0. The number of amides is 2. The molecule has 5 nitrogen and oxygen atoms in total. The third-order valence-electron chi connectivity index (χ3n) is 4.59. The number of nitrogens with zero attached hydrogens (tertiary/aromatic N) is 2. The standard InChI is InChI=1S/C22H20FN3O2S/c1-14(20(27)24-17-9-10-17)29-22-25-19(13-15-5-3-2-4-6-15)21(28)26(22)18-11-7-16(23)8-12-18/h2-8,11-14,17H,9-10H2,1H3,(H,24,27)/b19-13-. The summed E-state index contributed by atoms with van der Waals surface area (Å²) in [5, 5.41) is 2.96. The first-order valence-electron chi connectivity index (χ1n) is 9.44. The van der Waals surface area contributed by atoms with Crippen molar-refractivity contribution in [3.05, 3.63) is 71.7 Å². The average molecular weight is 409 g/mol. The van der Waals surface area contributed by atoms with Crippen LogP contribution in [0.3, 0.4) is 0 Å². The number of hydrogen-bond donors (Lipinski definition) is 1. The predicted octanol–water partition coefficient (Wildman–Crippen LogP) is 3.97. The van der Waals surface area contributed by atoms with Gasteiger partial charge in [0.2, 0.25) is 5.91 Å². The molecule has 1 aliphatic carbocycles. The van der Waals surface area contributed by atoms with E-state index in [1.807, 2.05) is 30.3 Å². The molecule has 0 spiro atoms. The minimum atomic E-state index is -0.416. The van der Waals surface area contributed by atoms with Crippen LogP contribution in [0.1, 0.15) is 25.3 Å². The lowest BCUT2D eigenvalue weighted by molar-refractivity contribution is -0.120. The highest BCUT2D eigenvalue weighted by Crippen LogP contribution is 2.31. The molecular weight excluding hydrogens is 389 g/mol. The molecular formula is C22H20FN3O2S. The zero-order chi connectivity index (χ0) is 20.4. The molecule has 1 fully saturated rings. The van der Waals surface area contributed by atoms with E-state index in [1.165, 1.54) is 40.9 Å². The summed E-state index contributed by atoms with van der Waals surface area (Å²) in [6.45, 7) is 1.79. The minimum absolute atomic E-state index is 0.0767. The van der Waals surface area contributed by atoms with Crippen LogP contribution < -0.4 is 10.2 Å². The lowest BCUT2D eigenvalue weighted by Gasteiger charge is -2.20. The number of anilines is 1.